The van der Waals surface area contributed by atoms with Crippen LogP contribution in [0, 0.1) is 11.5 Å². The zero-order valence-corrected chi connectivity index (χ0v) is 3.71. The molecule has 0 bridgehead atoms. The maximum atomic E-state index is 9.34. The molecule has 0 amide bonds. The Bertz CT molecular complexity index is 93.5. The van der Waals surface area contributed by atoms with Gasteiger partial charge in [0.1, 0.15) is 0 Å². The van der Waals surface area contributed by atoms with E-state index in [1.807, 2.05) is 0 Å². The maximum Gasteiger partial charge on any atom is 0.374 e. The first-order chi connectivity index (χ1) is 2.77. The van der Waals surface area contributed by atoms with Gasteiger partial charge in [0.05, 0.1) is 0 Å². The summed E-state index contributed by atoms with van der Waals surface area (Å²) in [5.41, 5.74) is 0. The Morgan fingerprint density at radius 3 is 2.50 bits per heavy atom. The molecule has 0 saturated carbocycles. The minimum absolute atomic E-state index is 1.05. The minimum atomic E-state index is -3.00. The van der Waals surface area contributed by atoms with E-state index >= 15 is 0 Å². The van der Waals surface area contributed by atoms with Gasteiger partial charge in [-0.25, -0.2) is 4.57 Å². The van der Waals surface area contributed by atoms with Gasteiger partial charge in [-0.1, -0.05) is 0 Å². The normalized spacial score (nSPS) is 12.0. The number of nitriles is 1. The third-order valence-electron chi connectivity index (χ3n) is 0.133. The Balaban J connectivity index is 3.13. The molecule has 34 valence electrons. The van der Waals surface area contributed by atoms with Crippen molar-refractivity contribution in [2.24, 2.45) is 0 Å². The summed E-state index contributed by atoms with van der Waals surface area (Å²) in [4.78, 5) is 7.65. The Kier molecular flexibility index (Phi) is 2.47. The van der Waals surface area contributed by atoms with Crippen LogP contribution in [0.3, 0.4) is 0 Å². The summed E-state index contributed by atoms with van der Waals surface area (Å²) in [6.07, 6.45) is 1.05. The topological polar surface area (TPSA) is 70.3 Å². The van der Waals surface area contributed by atoms with Crippen molar-refractivity contribution in [1.29, 1.82) is 5.26 Å². The van der Waals surface area contributed by atoms with Crippen molar-refractivity contribution in [1.82, 2.24) is 0 Å². The van der Waals surface area contributed by atoms with Crippen LogP contribution >= 0.6 is 8.25 Å². The van der Waals surface area contributed by atoms with Crippen LogP contribution in [0.5, 0.6) is 0 Å². The zero-order valence-electron chi connectivity index (χ0n) is 2.71. The molecule has 1 atom stereocenters. The molecule has 1 N–H and O–H groups in total. The molecule has 0 aliphatic rings. The summed E-state index contributed by atoms with van der Waals surface area (Å²) < 4.78 is 12.8. The molecule has 0 saturated heterocycles. The molecule has 0 radical (unpaired) electrons. The molecule has 0 heterocycles. The zero-order chi connectivity index (χ0) is 4.99. The molecule has 0 aromatic heterocycles. The van der Waals surface area contributed by atoms with E-state index in [1.54, 1.807) is 0 Å². The predicted molar refractivity (Wildman–Crippen MR) is 17.9 cm³/mol. The highest BCUT2D eigenvalue weighted by Crippen LogP contribution is 2.11. The van der Waals surface area contributed by atoms with Crippen molar-refractivity contribution in [3.63, 3.8) is 0 Å². The predicted octanol–water partition coefficient (Wildman–Crippen LogP) is -0.134. The molecule has 0 rings (SSSR count). The highest BCUT2D eigenvalue weighted by atomic mass is 31.1. The number of rotatable bonds is 1. The molecule has 1 unspecified atom stereocenters. The monoisotopic (exact) mass is 107 g/mol. The second kappa shape index (κ2) is 2.70. The molecule has 0 aliphatic heterocycles. The van der Waals surface area contributed by atoms with Gasteiger partial charge < -0.3 is 9.42 Å². The van der Waals surface area contributed by atoms with Crippen LogP contribution in [0.15, 0.2) is 0 Å². The van der Waals surface area contributed by atoms with Crippen LogP contribution in [-0.4, -0.2) is 4.89 Å². The van der Waals surface area contributed by atoms with Crippen LogP contribution in [-0.2, 0) is 9.09 Å². The fourth-order valence-corrected chi connectivity index (χ4v) is 0.117. The van der Waals surface area contributed by atoms with Crippen LogP contribution in [0.2, 0.25) is 0 Å². The van der Waals surface area contributed by atoms with Gasteiger partial charge in [0, 0.05) is 0 Å². The molecule has 4 nitrogen and oxygen atoms in total. The molecular weight excluding hydrogens is 105 g/mol. The summed E-state index contributed by atoms with van der Waals surface area (Å²) in [6.45, 7) is 0. The third-order valence-corrected chi connectivity index (χ3v) is 0.399. The molecule has 0 fully saturated rings. The van der Waals surface area contributed by atoms with Crippen molar-refractivity contribution < 1.29 is 14.0 Å². The fraction of sp³-hybridized carbons (Fsp3) is 0. The van der Waals surface area contributed by atoms with Gasteiger partial charge in [-0.3, -0.25) is 0 Å². The quantitative estimate of drug-likeness (QED) is 0.374. The Labute approximate surface area is 34.9 Å². The van der Waals surface area contributed by atoms with E-state index in [4.69, 9.17) is 10.2 Å². The van der Waals surface area contributed by atoms with E-state index in [0.29, 0.717) is 0 Å². The van der Waals surface area contributed by atoms with Crippen molar-refractivity contribution in [2.45, 2.75) is 0 Å². The third kappa shape index (κ3) is 3.48. The fourth-order valence-electron chi connectivity index (χ4n) is 0.0390. The van der Waals surface area contributed by atoms with Crippen LogP contribution in [0.1, 0.15) is 0 Å². The SMILES string of the molecule is N#CO[PH](=O)O. The van der Waals surface area contributed by atoms with Gasteiger partial charge in [0.2, 0.25) is 0 Å². The summed E-state index contributed by atoms with van der Waals surface area (Å²) in [5, 5.41) is 7.43. The molecule has 0 aromatic carbocycles. The second-order valence-electron chi connectivity index (χ2n) is 0.459. The van der Waals surface area contributed by atoms with E-state index in [-0.39, 0.29) is 0 Å². The molecule has 0 spiro atoms. The van der Waals surface area contributed by atoms with Crippen molar-refractivity contribution in [2.75, 3.05) is 0 Å². The molecule has 6 heavy (non-hydrogen) atoms. The van der Waals surface area contributed by atoms with Crippen LogP contribution in [0.4, 0.5) is 0 Å². The first-order valence-electron chi connectivity index (χ1n) is 1.06. The molecular formula is CH2NO3P. The van der Waals surface area contributed by atoms with Crippen molar-refractivity contribution >= 4 is 8.25 Å². The highest BCUT2D eigenvalue weighted by molar-refractivity contribution is 7.32. The number of nitrogens with zero attached hydrogens (tertiary/aromatic N) is 1. The summed E-state index contributed by atoms with van der Waals surface area (Å²) >= 11 is 0. The van der Waals surface area contributed by atoms with Crippen molar-refractivity contribution in [3.8, 4) is 6.26 Å². The first-order valence-corrected chi connectivity index (χ1v) is 2.32. The van der Waals surface area contributed by atoms with Gasteiger partial charge in [0.15, 0.2) is 0 Å². The Morgan fingerprint density at radius 1 is 2.00 bits per heavy atom. The van der Waals surface area contributed by atoms with E-state index in [9.17, 15) is 4.57 Å². The standard InChI is InChI=1S/CH2NO3P/c2-1-5-6(3)4/h6H,(H,3,4). The van der Waals surface area contributed by atoms with Crippen molar-refractivity contribution in [3.05, 3.63) is 0 Å². The summed E-state index contributed by atoms with van der Waals surface area (Å²) in [7, 11) is -3.00. The lowest BCUT2D eigenvalue weighted by atomic mass is 11.6. The smallest absolute Gasteiger partial charge is 0.351 e. The summed E-state index contributed by atoms with van der Waals surface area (Å²) in [5.74, 6) is 0. The number of hydrogen-bond donors (Lipinski definition) is 1. The Hall–Kier alpha value is -0.520. The van der Waals surface area contributed by atoms with E-state index < -0.39 is 8.25 Å². The van der Waals surface area contributed by atoms with Gasteiger partial charge in [0.25, 0.3) is 6.26 Å². The van der Waals surface area contributed by atoms with Gasteiger partial charge >= 0.3 is 8.25 Å². The van der Waals surface area contributed by atoms with E-state index in [2.05, 4.69) is 4.52 Å². The molecule has 0 aliphatic carbocycles. The van der Waals surface area contributed by atoms with E-state index in [1.165, 1.54) is 0 Å². The van der Waals surface area contributed by atoms with E-state index in [0.717, 1.165) is 6.26 Å². The second-order valence-corrected chi connectivity index (χ2v) is 1.20. The van der Waals surface area contributed by atoms with Gasteiger partial charge in [-0.05, 0) is 0 Å². The van der Waals surface area contributed by atoms with Gasteiger partial charge in [-0.15, -0.1) is 5.26 Å². The lowest BCUT2D eigenvalue weighted by Crippen LogP contribution is -1.57. The lowest BCUT2D eigenvalue weighted by molar-refractivity contribution is 0.389. The van der Waals surface area contributed by atoms with Gasteiger partial charge in [-0.2, -0.15) is 0 Å². The van der Waals surface area contributed by atoms with Crippen LogP contribution < -0.4 is 0 Å². The first kappa shape index (κ1) is 5.48. The average molecular weight is 107 g/mol. The highest BCUT2D eigenvalue weighted by Gasteiger charge is 1.80. The molecule has 0 aromatic rings. The lowest BCUT2D eigenvalue weighted by Gasteiger charge is -1.77. The largest absolute Gasteiger partial charge is 0.374 e. The summed E-state index contributed by atoms with van der Waals surface area (Å²) in [6, 6.07) is 0. The number of hydrogen-bond acceptors (Lipinski definition) is 3. The van der Waals surface area contributed by atoms with Crippen LogP contribution in [0.25, 0.3) is 0 Å². The molecule has 5 heteroatoms. The minimum Gasteiger partial charge on any atom is -0.351 e. The average Bonchev–Trinajstić information content (AvgIpc) is 1.35. The maximum absolute atomic E-state index is 9.34. The Morgan fingerprint density at radius 2 is 2.50 bits per heavy atom.